The molecule has 190 valence electrons. The van der Waals surface area contributed by atoms with Crippen LogP contribution in [0.1, 0.15) is 44.2 Å². The molecule has 3 atom stereocenters. The predicted molar refractivity (Wildman–Crippen MR) is 142 cm³/mol. The molecule has 2 aliphatic rings. The molecule has 0 unspecified atom stereocenters. The molecule has 1 aliphatic heterocycles. The van der Waals surface area contributed by atoms with E-state index in [1.807, 2.05) is 58.3 Å². The normalized spacial score (nSPS) is 20.2. The van der Waals surface area contributed by atoms with E-state index in [1.54, 1.807) is 0 Å². The molecule has 3 amide bonds. The number of nitrogens with one attached hydrogen (secondary N) is 1. The summed E-state index contributed by atoms with van der Waals surface area (Å²) in [4.78, 5) is 43.2. The van der Waals surface area contributed by atoms with Crippen LogP contribution < -0.4 is 5.32 Å². The molecule has 6 nitrogen and oxygen atoms in total. The van der Waals surface area contributed by atoms with E-state index in [-0.39, 0.29) is 35.5 Å². The summed E-state index contributed by atoms with van der Waals surface area (Å²) in [6.07, 6.45) is 5.53. The van der Waals surface area contributed by atoms with Gasteiger partial charge in [-0.2, -0.15) is 0 Å². The minimum atomic E-state index is -0.784. The van der Waals surface area contributed by atoms with Crippen LogP contribution >= 0.6 is 0 Å². The molecule has 0 radical (unpaired) electrons. The lowest BCUT2D eigenvalue weighted by atomic mass is 9.85. The molecule has 1 heterocycles. The van der Waals surface area contributed by atoms with Crippen molar-refractivity contribution in [2.24, 2.45) is 17.8 Å². The fraction of sp³-hybridized carbons (Fsp3) is 0.433. The van der Waals surface area contributed by atoms with E-state index in [2.05, 4.69) is 40.5 Å². The van der Waals surface area contributed by atoms with Gasteiger partial charge in [-0.1, -0.05) is 74.5 Å². The van der Waals surface area contributed by atoms with Crippen LogP contribution in [-0.4, -0.2) is 47.7 Å². The number of imide groups is 1. The van der Waals surface area contributed by atoms with Crippen molar-refractivity contribution in [3.05, 3.63) is 71.8 Å². The van der Waals surface area contributed by atoms with Crippen molar-refractivity contribution in [3.63, 3.8) is 0 Å². The van der Waals surface area contributed by atoms with Crippen molar-refractivity contribution < 1.29 is 14.4 Å². The summed E-state index contributed by atoms with van der Waals surface area (Å²) in [6, 6.07) is 15.7. The number of amides is 3. The van der Waals surface area contributed by atoms with Crippen molar-refractivity contribution in [2.75, 3.05) is 14.1 Å². The SMILES string of the molecule is CC(C)C[C@H](C(=O)NCc1ccccc1-c1ccc(CN(C)C)cc1)N1C(=O)[C@H]2CC=CC[C@@H]2C1=O. The van der Waals surface area contributed by atoms with Crippen molar-refractivity contribution in [1.82, 2.24) is 15.1 Å². The van der Waals surface area contributed by atoms with Crippen LogP contribution in [0, 0.1) is 17.8 Å². The number of hydrogen-bond acceptors (Lipinski definition) is 4. The maximum Gasteiger partial charge on any atom is 0.243 e. The van der Waals surface area contributed by atoms with Crippen molar-refractivity contribution in [2.45, 2.75) is 52.2 Å². The number of benzene rings is 2. The van der Waals surface area contributed by atoms with E-state index in [9.17, 15) is 14.4 Å². The Labute approximate surface area is 214 Å². The largest absolute Gasteiger partial charge is 0.350 e. The van der Waals surface area contributed by atoms with E-state index in [4.69, 9.17) is 0 Å². The van der Waals surface area contributed by atoms with Crippen molar-refractivity contribution in [1.29, 1.82) is 0 Å². The molecule has 2 aromatic carbocycles. The first kappa shape index (κ1) is 25.8. The number of allylic oxidation sites excluding steroid dienone is 2. The Morgan fingerprint density at radius 1 is 0.972 bits per heavy atom. The summed E-state index contributed by atoms with van der Waals surface area (Å²) < 4.78 is 0. The lowest BCUT2D eigenvalue weighted by Crippen LogP contribution is -2.50. The van der Waals surface area contributed by atoms with Crippen LogP contribution in [0.3, 0.4) is 0 Å². The maximum absolute atomic E-state index is 13.5. The number of rotatable bonds is 9. The molecule has 0 saturated carbocycles. The lowest BCUT2D eigenvalue weighted by molar-refractivity contribution is -0.148. The summed E-state index contributed by atoms with van der Waals surface area (Å²) in [5, 5.41) is 3.04. The van der Waals surface area contributed by atoms with Crippen LogP contribution in [0.25, 0.3) is 11.1 Å². The summed E-state index contributed by atoms with van der Waals surface area (Å²) in [5.74, 6) is -1.17. The third kappa shape index (κ3) is 5.59. The van der Waals surface area contributed by atoms with Gasteiger partial charge in [0.1, 0.15) is 6.04 Å². The number of nitrogens with zero attached hydrogens (tertiary/aromatic N) is 2. The van der Waals surface area contributed by atoms with E-state index in [0.29, 0.717) is 25.8 Å². The molecule has 0 bridgehead atoms. The number of hydrogen-bond donors (Lipinski definition) is 1. The molecule has 1 N–H and O–H groups in total. The average molecular weight is 488 g/mol. The van der Waals surface area contributed by atoms with Crippen molar-refractivity contribution >= 4 is 17.7 Å². The molecule has 2 aromatic rings. The van der Waals surface area contributed by atoms with Crippen LogP contribution in [0.5, 0.6) is 0 Å². The molecule has 4 rings (SSSR count). The average Bonchev–Trinajstić information content (AvgIpc) is 3.11. The second-order valence-corrected chi connectivity index (χ2v) is 10.7. The van der Waals surface area contributed by atoms with Gasteiger partial charge in [0, 0.05) is 13.1 Å². The van der Waals surface area contributed by atoms with E-state index >= 15 is 0 Å². The van der Waals surface area contributed by atoms with Crippen LogP contribution in [0.15, 0.2) is 60.7 Å². The first-order chi connectivity index (χ1) is 17.3. The molecule has 0 aromatic heterocycles. The molecular formula is C30H37N3O3. The van der Waals surface area contributed by atoms with Gasteiger partial charge in [0.25, 0.3) is 0 Å². The zero-order valence-electron chi connectivity index (χ0n) is 21.7. The van der Waals surface area contributed by atoms with Gasteiger partial charge in [-0.15, -0.1) is 0 Å². The van der Waals surface area contributed by atoms with E-state index in [1.165, 1.54) is 10.5 Å². The van der Waals surface area contributed by atoms with Gasteiger partial charge in [0.15, 0.2) is 0 Å². The summed E-state index contributed by atoms with van der Waals surface area (Å²) >= 11 is 0. The smallest absolute Gasteiger partial charge is 0.243 e. The summed E-state index contributed by atoms with van der Waals surface area (Å²) in [7, 11) is 4.10. The molecule has 6 heteroatoms. The lowest BCUT2D eigenvalue weighted by Gasteiger charge is -2.27. The highest BCUT2D eigenvalue weighted by Crippen LogP contribution is 2.37. The molecule has 1 aliphatic carbocycles. The number of carbonyl (C=O) groups is 3. The first-order valence-electron chi connectivity index (χ1n) is 12.9. The predicted octanol–water partition coefficient (Wildman–Crippen LogP) is 4.40. The number of fused-ring (bicyclic) bond motifs is 1. The van der Waals surface area contributed by atoms with Gasteiger partial charge in [-0.3, -0.25) is 19.3 Å². The minimum Gasteiger partial charge on any atom is -0.350 e. The summed E-state index contributed by atoms with van der Waals surface area (Å²) in [5.41, 5.74) is 4.37. The first-order valence-corrected chi connectivity index (χ1v) is 12.9. The van der Waals surface area contributed by atoms with Crippen LogP contribution in [0.2, 0.25) is 0 Å². The van der Waals surface area contributed by atoms with Gasteiger partial charge >= 0.3 is 0 Å². The molecule has 1 saturated heterocycles. The fourth-order valence-electron chi connectivity index (χ4n) is 5.32. The Kier molecular flexibility index (Phi) is 8.04. The molecule has 36 heavy (non-hydrogen) atoms. The quantitative estimate of drug-likeness (QED) is 0.421. The zero-order valence-corrected chi connectivity index (χ0v) is 21.7. The maximum atomic E-state index is 13.5. The van der Waals surface area contributed by atoms with Gasteiger partial charge in [0.2, 0.25) is 17.7 Å². The Bertz CT molecular complexity index is 1110. The number of likely N-dealkylation sites (tertiary alicyclic amines) is 1. The van der Waals surface area contributed by atoms with Crippen molar-refractivity contribution in [3.8, 4) is 11.1 Å². The Balaban J connectivity index is 1.51. The molecule has 0 spiro atoms. The van der Waals surface area contributed by atoms with Gasteiger partial charge in [0.05, 0.1) is 11.8 Å². The van der Waals surface area contributed by atoms with Crippen LogP contribution in [0.4, 0.5) is 0 Å². The highest BCUT2D eigenvalue weighted by Gasteiger charge is 2.51. The third-order valence-corrected chi connectivity index (χ3v) is 7.08. The molecular weight excluding hydrogens is 450 g/mol. The Morgan fingerprint density at radius 2 is 1.58 bits per heavy atom. The van der Waals surface area contributed by atoms with Gasteiger partial charge < -0.3 is 10.2 Å². The summed E-state index contributed by atoms with van der Waals surface area (Å²) in [6.45, 7) is 5.22. The fourth-order valence-corrected chi connectivity index (χ4v) is 5.32. The van der Waals surface area contributed by atoms with E-state index < -0.39 is 6.04 Å². The monoisotopic (exact) mass is 487 g/mol. The van der Waals surface area contributed by atoms with Gasteiger partial charge in [-0.05, 0) is 61.5 Å². The Hall–Kier alpha value is -3.25. The highest BCUT2D eigenvalue weighted by molar-refractivity contribution is 6.08. The topological polar surface area (TPSA) is 69.7 Å². The number of carbonyl (C=O) groups excluding carboxylic acids is 3. The second kappa shape index (κ2) is 11.2. The van der Waals surface area contributed by atoms with Crippen LogP contribution in [-0.2, 0) is 27.5 Å². The minimum absolute atomic E-state index is 0.162. The Morgan fingerprint density at radius 3 is 2.17 bits per heavy atom. The van der Waals surface area contributed by atoms with Gasteiger partial charge in [-0.25, -0.2) is 0 Å². The standard InChI is InChI=1S/C30H37N3O3/c1-20(2)17-27(33-29(35)25-11-7-8-12-26(25)30(33)36)28(34)31-18-23-9-5-6-10-24(23)22-15-13-21(14-16-22)19-32(3)4/h5-10,13-16,20,25-27H,11-12,17-19H2,1-4H3,(H,31,34)/t25-,26-,27+/m0/s1. The third-order valence-electron chi connectivity index (χ3n) is 7.08. The zero-order chi connectivity index (χ0) is 25.8. The second-order valence-electron chi connectivity index (χ2n) is 10.7. The molecule has 1 fully saturated rings. The van der Waals surface area contributed by atoms with E-state index in [0.717, 1.165) is 23.2 Å². The highest BCUT2D eigenvalue weighted by atomic mass is 16.2.